The summed E-state index contributed by atoms with van der Waals surface area (Å²) in [4.78, 5) is 26.4. The van der Waals surface area contributed by atoms with Gasteiger partial charge in [0, 0.05) is 50.7 Å². The summed E-state index contributed by atoms with van der Waals surface area (Å²) in [6.07, 6.45) is 9.83. The Bertz CT molecular complexity index is 1650. The summed E-state index contributed by atoms with van der Waals surface area (Å²) < 4.78 is 9.95. The van der Waals surface area contributed by atoms with Gasteiger partial charge < -0.3 is 29.5 Å². The molecule has 4 aromatic heterocycles. The molecule has 0 bridgehead atoms. The number of imidazole rings is 2. The van der Waals surface area contributed by atoms with E-state index in [-0.39, 0.29) is 5.56 Å². The third kappa shape index (κ3) is 12.9. The molecule has 0 saturated carbocycles. The molecule has 5 aromatic rings. The van der Waals surface area contributed by atoms with Crippen LogP contribution in [0.1, 0.15) is 40.9 Å². The summed E-state index contributed by atoms with van der Waals surface area (Å²) in [7, 11) is 0. The number of nitrogens with zero attached hydrogens (tertiary/aromatic N) is 5. The molecular formula is C33H40Cl2N8O2. The summed E-state index contributed by atoms with van der Waals surface area (Å²) in [5.41, 5.74) is 4.97. The van der Waals surface area contributed by atoms with Crippen LogP contribution in [-0.4, -0.2) is 42.2 Å². The quantitative estimate of drug-likeness (QED) is 0.0982. The van der Waals surface area contributed by atoms with Gasteiger partial charge in [-0.05, 0) is 68.6 Å². The van der Waals surface area contributed by atoms with Gasteiger partial charge in [-0.2, -0.15) is 0 Å². The minimum Gasteiger partial charge on any atom is -0.473 e. The highest BCUT2D eigenvalue weighted by Gasteiger charge is 2.04. The number of halogens is 2. The lowest BCUT2D eigenvalue weighted by Gasteiger charge is -2.09. The summed E-state index contributed by atoms with van der Waals surface area (Å²) in [6.45, 7) is 9.51. The van der Waals surface area contributed by atoms with E-state index in [1.807, 2.05) is 75.2 Å². The molecule has 238 valence electrons. The summed E-state index contributed by atoms with van der Waals surface area (Å²) >= 11 is 11.9. The summed E-state index contributed by atoms with van der Waals surface area (Å²) in [5.74, 6) is 0.548. The fraction of sp³-hybridized carbons (Fsp3) is 0.333. The van der Waals surface area contributed by atoms with Gasteiger partial charge in [0.2, 0.25) is 11.4 Å². The molecule has 0 spiro atoms. The van der Waals surface area contributed by atoms with Crippen molar-refractivity contribution in [2.45, 2.75) is 59.5 Å². The Hall–Kier alpha value is -3.96. The highest BCUT2D eigenvalue weighted by atomic mass is 35.5. The van der Waals surface area contributed by atoms with Crippen molar-refractivity contribution in [3.05, 3.63) is 128 Å². The lowest BCUT2D eigenvalue weighted by molar-refractivity contribution is 0.293. The number of hydrogen-bond donors (Lipinski definition) is 3. The van der Waals surface area contributed by atoms with Gasteiger partial charge >= 0.3 is 0 Å². The number of hydrogen-bond acceptors (Lipinski definition) is 7. The average molecular weight is 652 g/mol. The second-order valence-corrected chi connectivity index (χ2v) is 11.5. The maximum atomic E-state index is 11.2. The van der Waals surface area contributed by atoms with Crippen molar-refractivity contribution in [3.8, 4) is 5.88 Å². The molecule has 0 fully saturated rings. The van der Waals surface area contributed by atoms with E-state index in [0.29, 0.717) is 29.3 Å². The monoisotopic (exact) mass is 650 g/mol. The number of aryl methyl sites for hydroxylation is 4. The molecule has 12 heteroatoms. The molecule has 5 rings (SSSR count). The zero-order chi connectivity index (χ0) is 31.9. The average Bonchev–Trinajstić information content (AvgIpc) is 3.63. The first kappa shape index (κ1) is 33.9. The smallest absolute Gasteiger partial charge is 0.249 e. The van der Waals surface area contributed by atoms with E-state index in [9.17, 15) is 4.79 Å². The van der Waals surface area contributed by atoms with Crippen LogP contribution in [0.5, 0.6) is 5.88 Å². The first-order chi connectivity index (χ1) is 21.8. The molecule has 0 radical (unpaired) electrons. The van der Waals surface area contributed by atoms with Crippen molar-refractivity contribution in [2.24, 2.45) is 0 Å². The summed E-state index contributed by atoms with van der Waals surface area (Å²) in [5, 5.41) is 7.54. The minimum atomic E-state index is -0.168. The Balaban J connectivity index is 0.000000215. The normalized spacial score (nSPS) is 10.8. The van der Waals surface area contributed by atoms with Gasteiger partial charge in [-0.15, -0.1) is 0 Å². The van der Waals surface area contributed by atoms with Crippen LogP contribution in [0.25, 0.3) is 0 Å². The van der Waals surface area contributed by atoms with E-state index in [1.165, 1.54) is 0 Å². The molecule has 0 saturated heterocycles. The van der Waals surface area contributed by atoms with Gasteiger partial charge in [-0.3, -0.25) is 4.79 Å². The van der Waals surface area contributed by atoms with Crippen molar-refractivity contribution in [2.75, 3.05) is 13.1 Å². The van der Waals surface area contributed by atoms with E-state index < -0.39 is 0 Å². The van der Waals surface area contributed by atoms with Crippen molar-refractivity contribution in [3.63, 3.8) is 0 Å². The van der Waals surface area contributed by atoms with Crippen LogP contribution in [0.4, 0.5) is 0 Å². The molecule has 0 aliphatic carbocycles. The zero-order valence-corrected chi connectivity index (χ0v) is 27.2. The molecule has 3 N–H and O–H groups in total. The highest BCUT2D eigenvalue weighted by Crippen LogP contribution is 2.17. The molecule has 10 nitrogen and oxygen atoms in total. The van der Waals surface area contributed by atoms with E-state index in [2.05, 4.69) is 45.9 Å². The van der Waals surface area contributed by atoms with Gasteiger partial charge in [-0.1, -0.05) is 53.5 Å². The van der Waals surface area contributed by atoms with Crippen LogP contribution in [0.3, 0.4) is 0 Å². The Morgan fingerprint density at radius 1 is 0.800 bits per heavy atom. The van der Waals surface area contributed by atoms with Crippen molar-refractivity contribution in [1.29, 1.82) is 0 Å². The second-order valence-electron chi connectivity index (χ2n) is 10.7. The topological polar surface area (TPSA) is 115 Å². The van der Waals surface area contributed by atoms with E-state index in [1.54, 1.807) is 12.1 Å². The highest BCUT2D eigenvalue weighted by molar-refractivity contribution is 6.29. The lowest BCUT2D eigenvalue weighted by Crippen LogP contribution is -2.18. The first-order valence-corrected chi connectivity index (χ1v) is 15.7. The molecule has 0 aliphatic heterocycles. The van der Waals surface area contributed by atoms with Crippen LogP contribution in [-0.2, 0) is 32.8 Å². The lowest BCUT2D eigenvalue weighted by atomic mass is 10.2. The van der Waals surface area contributed by atoms with E-state index in [0.717, 1.165) is 73.6 Å². The first-order valence-electron chi connectivity index (χ1n) is 14.9. The molecule has 0 amide bonds. The SMILES string of the molecule is Cc1cn(CCCNCc2cc(Cl)[nH]c(=O)c2)cn1.Cc1cn(CCCNCc2cc(Cl)nc(OCc3ccccc3)c2)cn1. The number of aromatic amines is 1. The Morgan fingerprint density at radius 3 is 1.96 bits per heavy atom. The van der Waals surface area contributed by atoms with Crippen LogP contribution in [0.2, 0.25) is 10.3 Å². The third-order valence-electron chi connectivity index (χ3n) is 6.65. The van der Waals surface area contributed by atoms with Gasteiger partial charge in [0.05, 0.1) is 24.0 Å². The molecule has 0 unspecified atom stereocenters. The third-order valence-corrected chi connectivity index (χ3v) is 7.05. The number of H-pyrrole nitrogens is 1. The number of pyridine rings is 2. The number of aromatic nitrogens is 6. The van der Waals surface area contributed by atoms with Gasteiger partial charge in [0.15, 0.2) is 0 Å². The largest absolute Gasteiger partial charge is 0.473 e. The Kier molecular flexibility index (Phi) is 13.7. The molecule has 45 heavy (non-hydrogen) atoms. The van der Waals surface area contributed by atoms with Crippen molar-refractivity contribution >= 4 is 23.2 Å². The number of benzene rings is 1. The van der Waals surface area contributed by atoms with Crippen LogP contribution < -0.4 is 20.9 Å². The predicted octanol–water partition coefficient (Wildman–Crippen LogP) is 5.71. The maximum absolute atomic E-state index is 11.2. The number of ether oxygens (including phenoxy) is 1. The fourth-order valence-electron chi connectivity index (χ4n) is 4.52. The molecule has 0 atom stereocenters. The van der Waals surface area contributed by atoms with Gasteiger partial charge in [0.1, 0.15) is 16.9 Å². The van der Waals surface area contributed by atoms with Gasteiger partial charge in [-0.25, -0.2) is 15.0 Å². The van der Waals surface area contributed by atoms with Gasteiger partial charge in [0.25, 0.3) is 0 Å². The molecule has 1 aromatic carbocycles. The maximum Gasteiger partial charge on any atom is 0.249 e. The predicted molar refractivity (Wildman–Crippen MR) is 179 cm³/mol. The standard InChI is InChI=1S/C20H23ClN4O.C13H17ClN4O/c1-16-13-25(15-23-16)9-5-8-22-12-18-10-19(21)24-20(11-18)26-14-17-6-3-2-4-7-17;1-10-8-18(9-16-10)4-2-3-15-7-11-5-12(14)17-13(19)6-11/h2-4,6-7,10-11,13,15,22H,5,8-9,12,14H2,1H3;5-6,8-9,15H,2-4,7H2,1H3,(H,17,19). The molecule has 4 heterocycles. The second kappa shape index (κ2) is 18.1. The van der Waals surface area contributed by atoms with E-state index in [4.69, 9.17) is 27.9 Å². The summed E-state index contributed by atoms with van der Waals surface area (Å²) in [6, 6.07) is 17.1. The molecular weight excluding hydrogens is 611 g/mol. The Labute approximate surface area is 273 Å². The number of nitrogens with one attached hydrogen (secondary N) is 3. The van der Waals surface area contributed by atoms with Crippen molar-refractivity contribution in [1.82, 2.24) is 39.7 Å². The number of rotatable bonds is 15. The van der Waals surface area contributed by atoms with Crippen LogP contribution >= 0.6 is 23.2 Å². The van der Waals surface area contributed by atoms with Crippen molar-refractivity contribution < 1.29 is 4.74 Å². The van der Waals surface area contributed by atoms with Crippen LogP contribution in [0, 0.1) is 13.8 Å². The molecule has 0 aliphatic rings. The zero-order valence-electron chi connectivity index (χ0n) is 25.7. The Morgan fingerprint density at radius 2 is 1.40 bits per heavy atom. The van der Waals surface area contributed by atoms with E-state index >= 15 is 0 Å². The minimum absolute atomic E-state index is 0.168. The fourth-order valence-corrected chi connectivity index (χ4v) is 4.98. The van der Waals surface area contributed by atoms with Crippen LogP contribution in [0.15, 0.2) is 84.4 Å².